The van der Waals surface area contributed by atoms with Gasteiger partial charge in [0.15, 0.2) is 11.5 Å². The zero-order valence-corrected chi connectivity index (χ0v) is 23.3. The van der Waals surface area contributed by atoms with Gasteiger partial charge in [-0.25, -0.2) is 0 Å². The Balaban J connectivity index is 1.29. The molecule has 0 radical (unpaired) electrons. The topological polar surface area (TPSA) is 118 Å². The van der Waals surface area contributed by atoms with Crippen molar-refractivity contribution >= 4 is 45.5 Å². The Morgan fingerprint density at radius 3 is 2.63 bits per heavy atom. The second-order valence-electron chi connectivity index (χ2n) is 9.54. The third-order valence-electron chi connectivity index (χ3n) is 6.40. The van der Waals surface area contributed by atoms with E-state index in [1.54, 1.807) is 13.2 Å². The maximum Gasteiger partial charge on any atom is 0.239 e. The van der Waals surface area contributed by atoms with Crippen LogP contribution in [0.4, 0.5) is 17.1 Å². The molecule has 1 aliphatic rings. The molecule has 0 unspecified atom stereocenters. The third kappa shape index (κ3) is 7.29. The second kappa shape index (κ2) is 13.1. The first-order chi connectivity index (χ1) is 20.1. The van der Waals surface area contributed by atoms with Gasteiger partial charge < -0.3 is 30.2 Å². The van der Waals surface area contributed by atoms with Crippen LogP contribution in [0.2, 0.25) is 0 Å². The number of halogens is 1. The van der Waals surface area contributed by atoms with Gasteiger partial charge in [-0.15, -0.1) is 11.6 Å². The van der Waals surface area contributed by atoms with E-state index in [4.69, 9.17) is 25.8 Å². The number of pyridine rings is 1. The molecule has 1 fully saturated rings. The number of methoxy groups -OCH3 is 1. The predicted molar refractivity (Wildman–Crippen MR) is 160 cm³/mol. The van der Waals surface area contributed by atoms with Gasteiger partial charge in [-0.1, -0.05) is 6.07 Å². The van der Waals surface area contributed by atoms with Gasteiger partial charge in [0.1, 0.15) is 17.6 Å². The van der Waals surface area contributed by atoms with E-state index in [1.807, 2.05) is 54.6 Å². The standard InChI is InChI=1S/C31H30ClN5O4/c1-39-28-15-26-27(16-29(28)40-13-3-12-32)35-18-20(17-33)31(26)37-22-8-10-24(11-9-22)41-25-5-2-4-23(14-25)34-19-30(38)36-21-6-7-21/h2,4-5,8-11,14-16,18,21,34H,3,6-7,12-13,19H2,1H3,(H,35,37)(H,36,38). The summed E-state index contributed by atoms with van der Waals surface area (Å²) in [4.78, 5) is 16.4. The smallest absolute Gasteiger partial charge is 0.239 e. The summed E-state index contributed by atoms with van der Waals surface area (Å²) in [7, 11) is 1.57. The molecule has 0 atom stereocenters. The van der Waals surface area contributed by atoms with E-state index < -0.39 is 0 Å². The van der Waals surface area contributed by atoms with E-state index in [2.05, 4.69) is 27.0 Å². The zero-order chi connectivity index (χ0) is 28.6. The van der Waals surface area contributed by atoms with Crippen LogP contribution in [0.1, 0.15) is 24.8 Å². The summed E-state index contributed by atoms with van der Waals surface area (Å²) >= 11 is 5.77. The first-order valence-electron chi connectivity index (χ1n) is 13.3. The van der Waals surface area contributed by atoms with Gasteiger partial charge in [0.05, 0.1) is 37.0 Å². The van der Waals surface area contributed by atoms with E-state index >= 15 is 0 Å². The van der Waals surface area contributed by atoms with Crippen molar-refractivity contribution in [2.24, 2.45) is 0 Å². The van der Waals surface area contributed by atoms with Crippen molar-refractivity contribution in [3.8, 4) is 29.1 Å². The molecule has 1 heterocycles. The highest BCUT2D eigenvalue weighted by molar-refractivity contribution is 6.17. The number of nitriles is 1. The predicted octanol–water partition coefficient (Wildman–Crippen LogP) is 6.35. The fraction of sp³-hybridized carbons (Fsp3) is 0.258. The Kier molecular flexibility index (Phi) is 8.92. The second-order valence-corrected chi connectivity index (χ2v) is 9.92. The number of benzene rings is 3. The van der Waals surface area contributed by atoms with Crippen LogP contribution in [0.15, 0.2) is 66.9 Å². The maximum atomic E-state index is 12.0. The molecular weight excluding hydrogens is 542 g/mol. The average Bonchev–Trinajstić information content (AvgIpc) is 3.81. The first kappa shape index (κ1) is 27.9. The summed E-state index contributed by atoms with van der Waals surface area (Å²) in [5.74, 6) is 2.87. The van der Waals surface area contributed by atoms with E-state index in [1.165, 1.54) is 6.20 Å². The molecule has 5 rings (SSSR count). The number of anilines is 3. The summed E-state index contributed by atoms with van der Waals surface area (Å²) in [6.07, 6.45) is 4.36. The number of rotatable bonds is 13. The molecule has 0 spiro atoms. The van der Waals surface area contributed by atoms with Crippen molar-refractivity contribution in [3.05, 3.63) is 72.4 Å². The number of carbonyl (C=O) groups is 1. The quantitative estimate of drug-likeness (QED) is 0.125. The first-order valence-corrected chi connectivity index (χ1v) is 13.9. The minimum atomic E-state index is -0.0158. The number of aromatic nitrogens is 1. The van der Waals surface area contributed by atoms with Gasteiger partial charge in [0.25, 0.3) is 0 Å². The van der Waals surface area contributed by atoms with E-state index in [0.717, 1.165) is 29.6 Å². The Bertz CT molecular complexity index is 1570. The van der Waals surface area contributed by atoms with E-state index in [-0.39, 0.29) is 12.5 Å². The van der Waals surface area contributed by atoms with Crippen molar-refractivity contribution in [1.29, 1.82) is 5.26 Å². The number of nitrogens with one attached hydrogen (secondary N) is 3. The molecule has 0 saturated heterocycles. The fourth-order valence-electron chi connectivity index (χ4n) is 4.17. The molecule has 210 valence electrons. The molecule has 3 aromatic carbocycles. The Labute approximate surface area is 243 Å². The highest BCUT2D eigenvalue weighted by Crippen LogP contribution is 2.37. The van der Waals surface area contributed by atoms with E-state index in [9.17, 15) is 10.1 Å². The summed E-state index contributed by atoms with van der Waals surface area (Å²) in [6.45, 7) is 0.669. The lowest BCUT2D eigenvalue weighted by Crippen LogP contribution is -2.31. The molecule has 1 aromatic heterocycles. The lowest BCUT2D eigenvalue weighted by Gasteiger charge is -2.15. The molecule has 41 heavy (non-hydrogen) atoms. The SMILES string of the molecule is COc1cc2c(Nc3ccc(Oc4cccc(NCC(=O)NC5CC5)c4)cc3)c(C#N)cnc2cc1OCCCCl. The molecule has 0 aliphatic heterocycles. The molecule has 4 aromatic rings. The number of nitrogens with zero attached hydrogens (tertiary/aromatic N) is 2. The number of amides is 1. The number of carbonyl (C=O) groups excluding carboxylic acids is 1. The number of alkyl halides is 1. The summed E-state index contributed by atoms with van der Waals surface area (Å²) in [5, 5.41) is 19.9. The van der Waals surface area contributed by atoms with Crippen LogP contribution >= 0.6 is 11.6 Å². The van der Waals surface area contributed by atoms with Gasteiger partial charge in [-0.2, -0.15) is 5.26 Å². The van der Waals surface area contributed by atoms with Crippen LogP contribution in [-0.2, 0) is 4.79 Å². The van der Waals surface area contributed by atoms with Gasteiger partial charge >= 0.3 is 0 Å². The molecule has 3 N–H and O–H groups in total. The van der Waals surface area contributed by atoms with Gasteiger partial charge in [0, 0.05) is 47.0 Å². The maximum absolute atomic E-state index is 12.0. The number of hydrogen-bond acceptors (Lipinski definition) is 8. The molecule has 1 amide bonds. The van der Waals surface area contributed by atoms with Crippen LogP contribution in [0.5, 0.6) is 23.0 Å². The lowest BCUT2D eigenvalue weighted by atomic mass is 10.1. The number of hydrogen-bond donors (Lipinski definition) is 3. The van der Waals surface area contributed by atoms with Crippen molar-refractivity contribution in [2.45, 2.75) is 25.3 Å². The fourth-order valence-corrected chi connectivity index (χ4v) is 4.28. The van der Waals surface area contributed by atoms with Gasteiger partial charge in [-0.3, -0.25) is 9.78 Å². The van der Waals surface area contributed by atoms with Crippen molar-refractivity contribution < 1.29 is 19.0 Å². The molecule has 1 saturated carbocycles. The van der Waals surface area contributed by atoms with Gasteiger partial charge in [0.2, 0.25) is 5.91 Å². The number of ether oxygens (including phenoxy) is 3. The van der Waals surface area contributed by atoms with E-state index in [0.29, 0.717) is 64.7 Å². The number of fused-ring (bicyclic) bond motifs is 1. The van der Waals surface area contributed by atoms with Crippen LogP contribution in [0, 0.1) is 11.3 Å². The normalized spacial score (nSPS) is 12.3. The molecule has 1 aliphatic carbocycles. The monoisotopic (exact) mass is 571 g/mol. The highest BCUT2D eigenvalue weighted by atomic mass is 35.5. The minimum absolute atomic E-state index is 0.0158. The average molecular weight is 572 g/mol. The summed E-state index contributed by atoms with van der Waals surface area (Å²) in [6, 6.07) is 21.0. The van der Waals surface area contributed by atoms with Crippen molar-refractivity contribution in [2.75, 3.05) is 36.8 Å². The Hall–Kier alpha value is -4.68. The Morgan fingerprint density at radius 2 is 1.90 bits per heavy atom. The molecule has 9 nitrogen and oxygen atoms in total. The molecule has 10 heteroatoms. The van der Waals surface area contributed by atoms with Crippen LogP contribution < -0.4 is 30.2 Å². The molecule has 0 bridgehead atoms. The summed E-state index contributed by atoms with van der Waals surface area (Å²) in [5.41, 5.74) is 3.22. The lowest BCUT2D eigenvalue weighted by molar-refractivity contribution is -0.119. The van der Waals surface area contributed by atoms with Gasteiger partial charge in [-0.05, 0) is 61.7 Å². The summed E-state index contributed by atoms with van der Waals surface area (Å²) < 4.78 is 17.4. The van der Waals surface area contributed by atoms with Crippen LogP contribution in [-0.4, -0.2) is 43.1 Å². The largest absolute Gasteiger partial charge is 0.493 e. The highest BCUT2D eigenvalue weighted by Gasteiger charge is 2.22. The van der Waals surface area contributed by atoms with Crippen molar-refractivity contribution in [1.82, 2.24) is 10.3 Å². The van der Waals surface area contributed by atoms with Crippen LogP contribution in [0.3, 0.4) is 0 Å². The third-order valence-corrected chi connectivity index (χ3v) is 6.67. The minimum Gasteiger partial charge on any atom is -0.493 e. The van der Waals surface area contributed by atoms with Crippen molar-refractivity contribution in [3.63, 3.8) is 0 Å². The Morgan fingerprint density at radius 1 is 1.07 bits per heavy atom. The zero-order valence-electron chi connectivity index (χ0n) is 22.6. The molecular formula is C31H30ClN5O4. The van der Waals surface area contributed by atoms with Crippen LogP contribution in [0.25, 0.3) is 10.9 Å².